The SMILES string of the molecule is CC(=O)Nc1nnc(C2CC[C@@H](CC(=O)NNC(N)=S)C2)s1. The molecule has 1 heterocycles. The lowest BCUT2D eigenvalue weighted by Crippen LogP contribution is -2.44. The second-order valence-electron chi connectivity index (χ2n) is 5.24. The Morgan fingerprint density at radius 2 is 2.14 bits per heavy atom. The quantitative estimate of drug-likeness (QED) is 0.468. The van der Waals surface area contributed by atoms with E-state index in [1.54, 1.807) is 0 Å². The van der Waals surface area contributed by atoms with Crippen LogP contribution in [0.5, 0.6) is 0 Å². The van der Waals surface area contributed by atoms with Crippen LogP contribution in [0.15, 0.2) is 0 Å². The molecule has 8 nitrogen and oxygen atoms in total. The van der Waals surface area contributed by atoms with Crippen LogP contribution in [0, 0.1) is 5.92 Å². The molecule has 1 aromatic rings. The van der Waals surface area contributed by atoms with Crippen molar-refractivity contribution in [1.82, 2.24) is 21.0 Å². The van der Waals surface area contributed by atoms with Gasteiger partial charge in [-0.3, -0.25) is 20.4 Å². The van der Waals surface area contributed by atoms with Gasteiger partial charge in [-0.25, -0.2) is 0 Å². The third kappa shape index (κ3) is 4.88. The van der Waals surface area contributed by atoms with Gasteiger partial charge in [0.15, 0.2) is 5.11 Å². The maximum absolute atomic E-state index is 11.7. The predicted molar refractivity (Wildman–Crippen MR) is 87.0 cm³/mol. The van der Waals surface area contributed by atoms with E-state index in [-0.39, 0.29) is 16.9 Å². The molecule has 1 aromatic heterocycles. The molecule has 1 aliphatic carbocycles. The Balaban J connectivity index is 1.82. The molecule has 0 radical (unpaired) electrons. The molecule has 120 valence electrons. The third-order valence-electron chi connectivity index (χ3n) is 3.41. The van der Waals surface area contributed by atoms with Crippen molar-refractivity contribution < 1.29 is 9.59 Å². The predicted octanol–water partition coefficient (Wildman–Crippen LogP) is 0.635. The monoisotopic (exact) mass is 342 g/mol. The Hall–Kier alpha value is -1.81. The average molecular weight is 342 g/mol. The molecule has 22 heavy (non-hydrogen) atoms. The summed E-state index contributed by atoms with van der Waals surface area (Å²) >= 11 is 6.01. The van der Waals surface area contributed by atoms with Crippen LogP contribution >= 0.6 is 23.6 Å². The molecule has 1 unspecified atom stereocenters. The van der Waals surface area contributed by atoms with Crippen molar-refractivity contribution in [2.45, 2.75) is 38.5 Å². The first kappa shape index (κ1) is 16.6. The summed E-state index contributed by atoms with van der Waals surface area (Å²) in [4.78, 5) is 22.7. The number of amides is 2. The summed E-state index contributed by atoms with van der Waals surface area (Å²) in [7, 11) is 0. The third-order valence-corrected chi connectivity index (χ3v) is 4.52. The highest BCUT2D eigenvalue weighted by Gasteiger charge is 2.30. The normalized spacial score (nSPS) is 20.4. The fourth-order valence-corrected chi connectivity index (χ4v) is 3.52. The van der Waals surface area contributed by atoms with Crippen molar-refractivity contribution in [2.75, 3.05) is 5.32 Å². The van der Waals surface area contributed by atoms with Crippen LogP contribution in [0.2, 0.25) is 0 Å². The van der Waals surface area contributed by atoms with Crippen LogP contribution < -0.4 is 21.9 Å². The van der Waals surface area contributed by atoms with E-state index in [0.29, 0.717) is 23.4 Å². The molecule has 5 N–H and O–H groups in total. The second-order valence-corrected chi connectivity index (χ2v) is 6.69. The Labute approximate surface area is 137 Å². The fraction of sp³-hybridized carbons (Fsp3) is 0.583. The first-order chi connectivity index (χ1) is 10.4. The summed E-state index contributed by atoms with van der Waals surface area (Å²) in [5, 5.41) is 12.2. The maximum Gasteiger partial charge on any atom is 0.238 e. The molecule has 10 heteroatoms. The number of thiocarbonyl (C=S) groups is 1. The van der Waals surface area contributed by atoms with Crippen LogP contribution in [0.25, 0.3) is 0 Å². The number of nitrogens with two attached hydrogens (primary N) is 1. The number of hydrogen-bond acceptors (Lipinski definition) is 6. The van der Waals surface area contributed by atoms with Gasteiger partial charge in [0.2, 0.25) is 16.9 Å². The number of hydrogen-bond donors (Lipinski definition) is 4. The summed E-state index contributed by atoms with van der Waals surface area (Å²) < 4.78 is 0. The number of carbonyl (C=O) groups excluding carboxylic acids is 2. The van der Waals surface area contributed by atoms with Gasteiger partial charge in [0, 0.05) is 19.3 Å². The summed E-state index contributed by atoms with van der Waals surface area (Å²) in [6, 6.07) is 0. The molecule has 0 aliphatic heterocycles. The molecular weight excluding hydrogens is 324 g/mol. The number of aromatic nitrogens is 2. The first-order valence-corrected chi connectivity index (χ1v) is 8.11. The Bertz CT molecular complexity index is 576. The number of nitrogens with one attached hydrogen (secondary N) is 3. The largest absolute Gasteiger partial charge is 0.375 e. The fourth-order valence-electron chi connectivity index (χ4n) is 2.53. The van der Waals surface area contributed by atoms with Crippen LogP contribution in [-0.4, -0.2) is 27.1 Å². The summed E-state index contributed by atoms with van der Waals surface area (Å²) in [6.07, 6.45) is 3.23. The standard InChI is InChI=1S/C12H18N6O2S2/c1-6(19)14-12-18-16-10(22-12)8-3-2-7(4-8)5-9(20)15-17-11(13)21/h7-8H,2-5H2,1H3,(H,15,20)(H3,13,17,21)(H,14,18,19)/t7-,8?/m1/s1. The lowest BCUT2D eigenvalue weighted by atomic mass is 10.0. The highest BCUT2D eigenvalue weighted by molar-refractivity contribution is 7.80. The van der Waals surface area contributed by atoms with Crippen molar-refractivity contribution in [1.29, 1.82) is 0 Å². The van der Waals surface area contributed by atoms with Crippen molar-refractivity contribution in [3.8, 4) is 0 Å². The molecule has 2 rings (SSSR count). The average Bonchev–Trinajstić information content (AvgIpc) is 3.05. The molecule has 0 aromatic carbocycles. The van der Waals surface area contributed by atoms with E-state index in [0.717, 1.165) is 24.3 Å². The van der Waals surface area contributed by atoms with E-state index in [1.165, 1.54) is 18.3 Å². The maximum atomic E-state index is 11.7. The van der Waals surface area contributed by atoms with Crippen molar-refractivity contribution in [3.05, 3.63) is 5.01 Å². The van der Waals surface area contributed by atoms with Gasteiger partial charge in [-0.2, -0.15) is 0 Å². The zero-order valence-corrected chi connectivity index (χ0v) is 13.7. The van der Waals surface area contributed by atoms with Gasteiger partial charge >= 0.3 is 0 Å². The van der Waals surface area contributed by atoms with Crippen molar-refractivity contribution >= 4 is 45.6 Å². The highest BCUT2D eigenvalue weighted by Crippen LogP contribution is 2.41. The molecule has 0 bridgehead atoms. The van der Waals surface area contributed by atoms with Gasteiger partial charge in [0.1, 0.15) is 5.01 Å². The second kappa shape index (κ2) is 7.45. The summed E-state index contributed by atoms with van der Waals surface area (Å²) in [6.45, 7) is 1.44. The molecule has 1 saturated carbocycles. The molecule has 0 spiro atoms. The van der Waals surface area contributed by atoms with Crippen LogP contribution in [0.4, 0.5) is 5.13 Å². The molecular formula is C12H18N6O2S2. The lowest BCUT2D eigenvalue weighted by Gasteiger charge is -2.10. The molecule has 2 amide bonds. The van der Waals surface area contributed by atoms with E-state index < -0.39 is 0 Å². The number of anilines is 1. The van der Waals surface area contributed by atoms with Gasteiger partial charge in [-0.1, -0.05) is 11.3 Å². The van der Waals surface area contributed by atoms with Crippen LogP contribution in [0.1, 0.15) is 43.5 Å². The minimum Gasteiger partial charge on any atom is -0.375 e. The van der Waals surface area contributed by atoms with Gasteiger partial charge in [0.05, 0.1) is 0 Å². The smallest absolute Gasteiger partial charge is 0.238 e. The number of hydrazine groups is 1. The Morgan fingerprint density at radius 3 is 2.82 bits per heavy atom. The topological polar surface area (TPSA) is 122 Å². The highest BCUT2D eigenvalue weighted by atomic mass is 32.1. The minimum atomic E-state index is -0.158. The van der Waals surface area contributed by atoms with Crippen LogP contribution in [-0.2, 0) is 9.59 Å². The van der Waals surface area contributed by atoms with E-state index in [1.807, 2.05) is 0 Å². The van der Waals surface area contributed by atoms with Gasteiger partial charge in [0.25, 0.3) is 0 Å². The zero-order chi connectivity index (χ0) is 16.1. The first-order valence-electron chi connectivity index (χ1n) is 6.89. The van der Waals surface area contributed by atoms with Gasteiger partial charge in [-0.15, -0.1) is 10.2 Å². The Kier molecular flexibility index (Phi) is 5.61. The zero-order valence-electron chi connectivity index (χ0n) is 12.1. The van der Waals surface area contributed by atoms with E-state index in [4.69, 9.17) is 5.73 Å². The number of rotatable bonds is 4. The van der Waals surface area contributed by atoms with Crippen molar-refractivity contribution in [3.63, 3.8) is 0 Å². The molecule has 2 atom stereocenters. The lowest BCUT2D eigenvalue weighted by molar-refractivity contribution is -0.122. The van der Waals surface area contributed by atoms with Gasteiger partial charge < -0.3 is 11.1 Å². The number of nitrogens with zero attached hydrogens (tertiary/aromatic N) is 2. The van der Waals surface area contributed by atoms with Gasteiger partial charge in [-0.05, 0) is 37.4 Å². The van der Waals surface area contributed by atoms with Crippen molar-refractivity contribution in [2.24, 2.45) is 11.7 Å². The van der Waals surface area contributed by atoms with Crippen LogP contribution in [0.3, 0.4) is 0 Å². The van der Waals surface area contributed by atoms with E-state index >= 15 is 0 Å². The summed E-state index contributed by atoms with van der Waals surface area (Å²) in [5.74, 6) is 0.302. The molecule has 1 fully saturated rings. The Morgan fingerprint density at radius 1 is 1.36 bits per heavy atom. The number of carbonyl (C=O) groups is 2. The minimum absolute atomic E-state index is 0.0389. The molecule has 0 saturated heterocycles. The summed E-state index contributed by atoms with van der Waals surface area (Å²) in [5.41, 5.74) is 10.1. The van der Waals surface area contributed by atoms with E-state index in [9.17, 15) is 9.59 Å². The van der Waals surface area contributed by atoms with E-state index in [2.05, 4.69) is 38.6 Å². The molecule has 1 aliphatic rings.